The molecule has 0 amide bonds. The molecule has 0 bridgehead atoms. The van der Waals surface area contributed by atoms with Gasteiger partial charge in [-0.1, -0.05) is 26.7 Å². The molecule has 3 aliphatic rings. The second kappa shape index (κ2) is 11.4. The molecule has 32 heavy (non-hydrogen) atoms. The van der Waals surface area contributed by atoms with Crippen molar-refractivity contribution in [3.63, 3.8) is 0 Å². The lowest BCUT2D eigenvalue weighted by molar-refractivity contribution is -0.151. The number of hydrogen-bond acceptors (Lipinski definition) is 10. The second-order valence-electron chi connectivity index (χ2n) is 9.47. The summed E-state index contributed by atoms with van der Waals surface area (Å²) in [5.74, 6) is 0.0934. The topological polar surface area (TPSA) is 153 Å². The SMILES string of the molecule is C[C@@H]1CCCC([C@@H]2CNC(N)=N2)C(=O)OC[C@H](C)CCCC(C2CNC(N)=N2)C(=O)OC1. The molecule has 10 heteroatoms. The Morgan fingerprint density at radius 2 is 1.16 bits per heavy atom. The highest BCUT2D eigenvalue weighted by molar-refractivity contribution is 5.82. The normalized spacial score (nSPS) is 35.7. The summed E-state index contributed by atoms with van der Waals surface area (Å²) in [5, 5.41) is 6.00. The minimum absolute atomic E-state index is 0.190. The van der Waals surface area contributed by atoms with Crippen molar-refractivity contribution in [3.05, 3.63) is 0 Å². The average molecular weight is 451 g/mol. The minimum Gasteiger partial charge on any atom is -0.465 e. The zero-order valence-electron chi connectivity index (χ0n) is 19.2. The van der Waals surface area contributed by atoms with E-state index in [9.17, 15) is 9.59 Å². The lowest BCUT2D eigenvalue weighted by Crippen LogP contribution is -2.34. The molecule has 1 saturated heterocycles. The van der Waals surface area contributed by atoms with Crippen molar-refractivity contribution >= 4 is 23.9 Å². The average Bonchev–Trinajstić information content (AvgIpc) is 3.38. The number of rotatable bonds is 2. The predicted octanol–water partition coefficient (Wildman–Crippen LogP) is 0.505. The fourth-order valence-corrected chi connectivity index (χ4v) is 4.56. The molecular weight excluding hydrogens is 412 g/mol. The maximum Gasteiger partial charge on any atom is 0.311 e. The molecule has 0 saturated carbocycles. The monoisotopic (exact) mass is 450 g/mol. The summed E-state index contributed by atoms with van der Waals surface area (Å²) in [6.45, 7) is 5.94. The molecule has 3 rings (SSSR count). The summed E-state index contributed by atoms with van der Waals surface area (Å²) in [5.41, 5.74) is 11.5. The van der Waals surface area contributed by atoms with Gasteiger partial charge in [-0.15, -0.1) is 0 Å². The van der Waals surface area contributed by atoms with E-state index in [4.69, 9.17) is 20.9 Å². The van der Waals surface area contributed by atoms with E-state index < -0.39 is 0 Å². The van der Waals surface area contributed by atoms with Crippen LogP contribution in [0.2, 0.25) is 0 Å². The van der Waals surface area contributed by atoms with Gasteiger partial charge in [0, 0.05) is 13.1 Å². The van der Waals surface area contributed by atoms with E-state index in [0.29, 0.717) is 51.1 Å². The highest BCUT2D eigenvalue weighted by Crippen LogP contribution is 2.25. The first-order valence-corrected chi connectivity index (χ1v) is 11.8. The third kappa shape index (κ3) is 6.74. The minimum atomic E-state index is -0.319. The van der Waals surface area contributed by atoms with Gasteiger partial charge in [-0.3, -0.25) is 9.59 Å². The number of aliphatic imine (C=N–C) groups is 2. The van der Waals surface area contributed by atoms with E-state index in [1.807, 2.05) is 0 Å². The maximum absolute atomic E-state index is 12.9. The molecule has 6 N–H and O–H groups in total. The molecule has 6 atom stereocenters. The molecule has 0 aromatic heterocycles. The van der Waals surface area contributed by atoms with Gasteiger partial charge in [0.1, 0.15) is 0 Å². The van der Waals surface area contributed by atoms with Crippen LogP contribution < -0.4 is 22.1 Å². The Balaban J connectivity index is 1.64. The van der Waals surface area contributed by atoms with E-state index in [1.54, 1.807) is 0 Å². The molecular formula is C22H38N6O4. The lowest BCUT2D eigenvalue weighted by Gasteiger charge is -2.24. The fourth-order valence-electron chi connectivity index (χ4n) is 4.56. The first kappa shape index (κ1) is 24.1. The van der Waals surface area contributed by atoms with Crippen LogP contribution in [0.3, 0.4) is 0 Å². The van der Waals surface area contributed by atoms with Crippen molar-refractivity contribution in [1.29, 1.82) is 0 Å². The van der Waals surface area contributed by atoms with Crippen LogP contribution in [-0.4, -0.2) is 62.2 Å². The summed E-state index contributed by atoms with van der Waals surface area (Å²) in [4.78, 5) is 34.5. The quantitative estimate of drug-likeness (QED) is 0.444. The van der Waals surface area contributed by atoms with Gasteiger partial charge in [0.25, 0.3) is 0 Å². The van der Waals surface area contributed by atoms with Gasteiger partial charge in [-0.25, -0.2) is 9.98 Å². The lowest BCUT2D eigenvalue weighted by atomic mass is 9.91. The third-order valence-electron chi connectivity index (χ3n) is 6.57. The number of hydrogen-bond donors (Lipinski definition) is 4. The van der Waals surface area contributed by atoms with Crippen LogP contribution in [0.1, 0.15) is 52.4 Å². The second-order valence-corrected chi connectivity index (χ2v) is 9.47. The van der Waals surface area contributed by atoms with Crippen LogP contribution in [0, 0.1) is 23.7 Å². The predicted molar refractivity (Wildman–Crippen MR) is 122 cm³/mol. The largest absolute Gasteiger partial charge is 0.465 e. The molecule has 3 aliphatic heterocycles. The molecule has 180 valence electrons. The van der Waals surface area contributed by atoms with Gasteiger partial charge in [-0.2, -0.15) is 0 Å². The van der Waals surface area contributed by atoms with E-state index in [-0.39, 0.29) is 47.7 Å². The molecule has 3 heterocycles. The van der Waals surface area contributed by atoms with Crippen molar-refractivity contribution < 1.29 is 19.1 Å². The molecule has 0 aromatic rings. The Morgan fingerprint density at radius 1 is 0.750 bits per heavy atom. The van der Waals surface area contributed by atoms with Crippen LogP contribution in [-0.2, 0) is 19.1 Å². The molecule has 0 aromatic carbocycles. The van der Waals surface area contributed by atoms with Gasteiger partial charge in [-0.05, 0) is 37.5 Å². The molecule has 0 aliphatic carbocycles. The Hall–Kier alpha value is -2.52. The molecule has 0 spiro atoms. The van der Waals surface area contributed by atoms with Crippen LogP contribution in [0.5, 0.6) is 0 Å². The number of carbonyl (C=O) groups excluding carboxylic acids is 2. The van der Waals surface area contributed by atoms with Crippen molar-refractivity contribution in [2.75, 3.05) is 26.3 Å². The van der Waals surface area contributed by atoms with Crippen LogP contribution in [0.25, 0.3) is 0 Å². The number of nitrogens with two attached hydrogens (primary N) is 2. The highest BCUT2D eigenvalue weighted by Gasteiger charge is 2.34. The summed E-state index contributed by atoms with van der Waals surface area (Å²) >= 11 is 0. The zero-order chi connectivity index (χ0) is 23.1. The van der Waals surface area contributed by atoms with E-state index >= 15 is 0 Å². The number of cyclic esters (lactones) is 2. The van der Waals surface area contributed by atoms with Crippen molar-refractivity contribution in [2.45, 2.75) is 64.5 Å². The number of nitrogens with zero attached hydrogens (tertiary/aromatic N) is 2. The fraction of sp³-hybridized carbons (Fsp3) is 0.818. The smallest absolute Gasteiger partial charge is 0.311 e. The number of guanidine groups is 2. The number of esters is 2. The Labute approximate surface area is 190 Å². The zero-order valence-corrected chi connectivity index (χ0v) is 19.2. The van der Waals surface area contributed by atoms with Gasteiger partial charge in [0.15, 0.2) is 11.9 Å². The number of ether oxygens (including phenoxy) is 2. The van der Waals surface area contributed by atoms with Crippen LogP contribution in [0.4, 0.5) is 0 Å². The van der Waals surface area contributed by atoms with Crippen molar-refractivity contribution in [1.82, 2.24) is 10.6 Å². The summed E-state index contributed by atoms with van der Waals surface area (Å²) < 4.78 is 11.4. The van der Waals surface area contributed by atoms with E-state index in [0.717, 1.165) is 25.7 Å². The molecule has 10 nitrogen and oxygen atoms in total. The first-order chi connectivity index (χ1) is 15.3. The summed E-state index contributed by atoms with van der Waals surface area (Å²) in [6, 6.07) is -0.391. The Bertz CT molecular complexity index is 667. The standard InChI is InChI=1S/C22H38N6O4/c1-13-5-3-7-15(17-9-25-21(23)27-17)20(30)32-12-14(2)6-4-8-16(19(29)31-11-13)18-10-26-22(24)28-18/h13-18H,3-12H2,1-2H3,(H3,23,25,27)(H3,24,26,28)/t13-,14-,15?,16?,17+,18?/m1/s1. The number of carbonyl (C=O) groups is 2. The maximum atomic E-state index is 12.9. The third-order valence-corrected chi connectivity index (χ3v) is 6.57. The van der Waals surface area contributed by atoms with Gasteiger partial charge < -0.3 is 31.6 Å². The Kier molecular flexibility index (Phi) is 8.58. The molecule has 0 radical (unpaired) electrons. The van der Waals surface area contributed by atoms with E-state index in [2.05, 4.69) is 34.5 Å². The van der Waals surface area contributed by atoms with Gasteiger partial charge >= 0.3 is 11.9 Å². The van der Waals surface area contributed by atoms with E-state index in [1.165, 1.54) is 0 Å². The van der Waals surface area contributed by atoms with Crippen molar-refractivity contribution in [2.24, 2.45) is 45.1 Å². The molecule has 3 unspecified atom stereocenters. The van der Waals surface area contributed by atoms with Crippen molar-refractivity contribution in [3.8, 4) is 0 Å². The summed E-state index contributed by atoms with van der Waals surface area (Å²) in [7, 11) is 0. The first-order valence-electron chi connectivity index (χ1n) is 11.8. The van der Waals surface area contributed by atoms with Crippen LogP contribution >= 0.6 is 0 Å². The van der Waals surface area contributed by atoms with Gasteiger partial charge in [0.2, 0.25) is 0 Å². The van der Waals surface area contributed by atoms with Gasteiger partial charge in [0.05, 0.1) is 37.1 Å². The molecule has 1 fully saturated rings. The summed E-state index contributed by atoms with van der Waals surface area (Å²) in [6.07, 6.45) is 4.65. The Morgan fingerprint density at radius 3 is 1.50 bits per heavy atom. The highest BCUT2D eigenvalue weighted by atomic mass is 16.5. The van der Waals surface area contributed by atoms with Crippen LogP contribution in [0.15, 0.2) is 9.98 Å². The number of nitrogens with one attached hydrogen (secondary N) is 2.